The molecule has 2 aliphatic carbocycles. The van der Waals surface area contributed by atoms with Gasteiger partial charge >= 0.3 is 0 Å². The van der Waals surface area contributed by atoms with Gasteiger partial charge in [0.15, 0.2) is 10.9 Å². The normalized spacial score (nSPS) is 15.6. The molecule has 144 valence electrons. The molecule has 3 aromatic rings. The van der Waals surface area contributed by atoms with Crippen LogP contribution in [0, 0.1) is 0 Å². The molecule has 0 amide bonds. The van der Waals surface area contributed by atoms with Gasteiger partial charge in [-0.2, -0.15) is 0 Å². The summed E-state index contributed by atoms with van der Waals surface area (Å²) < 4.78 is 1.62. The number of benzene rings is 1. The van der Waals surface area contributed by atoms with E-state index in [1.54, 1.807) is 23.0 Å². The SMILES string of the molecule is Cn1c(SCC(=O)c2ccc3c(c2)CCC3)nc2sc3c(c2c1=O)CCCC3. The lowest BCUT2D eigenvalue weighted by molar-refractivity contribution is 0.102. The molecule has 4 nitrogen and oxygen atoms in total. The molecule has 0 N–H and O–H groups in total. The molecular weight excluding hydrogens is 388 g/mol. The molecular formula is C22H22N2O2S2. The third kappa shape index (κ3) is 3.03. The van der Waals surface area contributed by atoms with Gasteiger partial charge in [-0.25, -0.2) is 4.98 Å². The van der Waals surface area contributed by atoms with Crippen LogP contribution >= 0.6 is 23.1 Å². The number of carbonyl (C=O) groups excluding carboxylic acids is 1. The number of hydrogen-bond acceptors (Lipinski definition) is 5. The van der Waals surface area contributed by atoms with Crippen molar-refractivity contribution in [3.8, 4) is 0 Å². The predicted octanol–water partition coefficient (Wildman–Crippen LogP) is 4.34. The van der Waals surface area contributed by atoms with Crippen molar-refractivity contribution >= 4 is 39.1 Å². The maximum Gasteiger partial charge on any atom is 0.262 e. The molecule has 0 fully saturated rings. The van der Waals surface area contributed by atoms with E-state index in [4.69, 9.17) is 4.98 Å². The van der Waals surface area contributed by atoms with Crippen LogP contribution in [0.2, 0.25) is 0 Å². The lowest BCUT2D eigenvalue weighted by Crippen LogP contribution is -2.21. The van der Waals surface area contributed by atoms with E-state index in [1.165, 1.54) is 46.2 Å². The molecule has 1 aromatic carbocycles. The highest BCUT2D eigenvalue weighted by atomic mass is 32.2. The van der Waals surface area contributed by atoms with Gasteiger partial charge in [-0.1, -0.05) is 23.9 Å². The molecule has 2 aliphatic rings. The van der Waals surface area contributed by atoms with Crippen molar-refractivity contribution in [1.29, 1.82) is 0 Å². The lowest BCUT2D eigenvalue weighted by Gasteiger charge is -2.11. The van der Waals surface area contributed by atoms with Crippen LogP contribution in [0.4, 0.5) is 0 Å². The number of thioether (sulfide) groups is 1. The predicted molar refractivity (Wildman–Crippen MR) is 115 cm³/mol. The number of Topliss-reactive ketones (excluding diaryl/α,β-unsaturated/α-hetero) is 1. The molecule has 0 spiro atoms. The summed E-state index contributed by atoms with van der Waals surface area (Å²) in [6.07, 6.45) is 7.74. The van der Waals surface area contributed by atoms with Crippen LogP contribution in [-0.2, 0) is 32.7 Å². The fourth-order valence-corrected chi connectivity index (χ4v) is 6.52. The van der Waals surface area contributed by atoms with Gasteiger partial charge in [0.2, 0.25) is 0 Å². The highest BCUT2D eigenvalue weighted by Crippen LogP contribution is 2.34. The fourth-order valence-electron chi connectivity index (χ4n) is 4.36. The van der Waals surface area contributed by atoms with Gasteiger partial charge < -0.3 is 0 Å². The number of fused-ring (bicyclic) bond motifs is 4. The van der Waals surface area contributed by atoms with Gasteiger partial charge in [-0.15, -0.1) is 11.3 Å². The average Bonchev–Trinajstić information content (AvgIpc) is 3.32. The summed E-state index contributed by atoms with van der Waals surface area (Å²) in [6.45, 7) is 0. The topological polar surface area (TPSA) is 52.0 Å². The Labute approximate surface area is 172 Å². The van der Waals surface area contributed by atoms with Gasteiger partial charge in [-0.3, -0.25) is 14.2 Å². The number of carbonyl (C=O) groups is 1. The Balaban J connectivity index is 1.41. The van der Waals surface area contributed by atoms with Crippen LogP contribution in [0.15, 0.2) is 28.2 Å². The molecule has 0 aliphatic heterocycles. The van der Waals surface area contributed by atoms with Gasteiger partial charge in [0.25, 0.3) is 5.56 Å². The lowest BCUT2D eigenvalue weighted by atomic mass is 9.97. The number of nitrogens with zero attached hydrogens (tertiary/aromatic N) is 2. The first kappa shape index (κ1) is 18.1. The summed E-state index contributed by atoms with van der Waals surface area (Å²) in [5.41, 5.74) is 4.69. The summed E-state index contributed by atoms with van der Waals surface area (Å²) >= 11 is 3.03. The number of aromatic nitrogens is 2. The molecule has 0 atom stereocenters. The highest BCUT2D eigenvalue weighted by molar-refractivity contribution is 7.99. The van der Waals surface area contributed by atoms with E-state index in [2.05, 4.69) is 6.07 Å². The number of thiophene rings is 1. The van der Waals surface area contributed by atoms with Crippen molar-refractivity contribution in [1.82, 2.24) is 9.55 Å². The minimum absolute atomic E-state index is 0.0249. The third-order valence-electron chi connectivity index (χ3n) is 5.91. The second kappa shape index (κ2) is 7.16. The zero-order valence-electron chi connectivity index (χ0n) is 15.9. The van der Waals surface area contributed by atoms with Crippen LogP contribution in [0.25, 0.3) is 10.2 Å². The highest BCUT2D eigenvalue weighted by Gasteiger charge is 2.22. The van der Waals surface area contributed by atoms with Crippen LogP contribution in [0.5, 0.6) is 0 Å². The molecule has 6 heteroatoms. The van der Waals surface area contributed by atoms with E-state index in [0.717, 1.165) is 47.9 Å². The van der Waals surface area contributed by atoms with E-state index in [9.17, 15) is 9.59 Å². The third-order valence-corrected chi connectivity index (χ3v) is 8.12. The van der Waals surface area contributed by atoms with E-state index in [-0.39, 0.29) is 11.3 Å². The first-order valence-electron chi connectivity index (χ1n) is 9.91. The number of rotatable bonds is 4. The number of aryl methyl sites for hydroxylation is 4. The van der Waals surface area contributed by atoms with Crippen LogP contribution in [-0.4, -0.2) is 21.1 Å². The fraction of sp³-hybridized carbons (Fsp3) is 0.409. The van der Waals surface area contributed by atoms with E-state index in [1.807, 2.05) is 12.1 Å². The maximum absolute atomic E-state index is 13.0. The van der Waals surface area contributed by atoms with Crippen molar-refractivity contribution in [3.63, 3.8) is 0 Å². The summed E-state index contributed by atoms with van der Waals surface area (Å²) in [7, 11) is 1.77. The van der Waals surface area contributed by atoms with Gasteiger partial charge in [0, 0.05) is 17.5 Å². The van der Waals surface area contributed by atoms with Gasteiger partial charge in [-0.05, 0) is 67.7 Å². The Bertz CT molecular complexity index is 1160. The average molecular weight is 411 g/mol. The summed E-state index contributed by atoms with van der Waals surface area (Å²) in [5.74, 6) is 0.398. The molecule has 0 saturated carbocycles. The zero-order chi connectivity index (χ0) is 19.3. The molecule has 0 bridgehead atoms. The molecule has 0 unspecified atom stereocenters. The first-order valence-corrected chi connectivity index (χ1v) is 11.7. The van der Waals surface area contributed by atoms with Crippen molar-refractivity contribution in [2.24, 2.45) is 7.05 Å². The zero-order valence-corrected chi connectivity index (χ0v) is 17.5. The number of ketones is 1. The van der Waals surface area contributed by atoms with Crippen molar-refractivity contribution < 1.29 is 4.79 Å². The first-order chi connectivity index (χ1) is 13.6. The van der Waals surface area contributed by atoms with E-state index in [0.29, 0.717) is 10.9 Å². The summed E-state index contributed by atoms with van der Waals surface area (Å²) in [4.78, 5) is 32.6. The maximum atomic E-state index is 13.0. The second-order valence-electron chi connectivity index (χ2n) is 7.70. The summed E-state index contributed by atoms with van der Waals surface area (Å²) in [5, 5.41) is 1.43. The minimum atomic E-state index is 0.0249. The van der Waals surface area contributed by atoms with Gasteiger partial charge in [0.1, 0.15) is 4.83 Å². The summed E-state index contributed by atoms with van der Waals surface area (Å²) in [6, 6.07) is 6.08. The smallest absolute Gasteiger partial charge is 0.262 e. The largest absolute Gasteiger partial charge is 0.293 e. The minimum Gasteiger partial charge on any atom is -0.293 e. The van der Waals surface area contributed by atoms with Gasteiger partial charge in [0.05, 0.1) is 11.1 Å². The van der Waals surface area contributed by atoms with Crippen molar-refractivity contribution in [2.45, 2.75) is 50.1 Å². The second-order valence-corrected chi connectivity index (χ2v) is 9.72. The quantitative estimate of drug-likeness (QED) is 0.365. The Hall–Kier alpha value is -1.92. The Morgan fingerprint density at radius 2 is 1.96 bits per heavy atom. The van der Waals surface area contributed by atoms with Crippen molar-refractivity contribution in [2.75, 3.05) is 5.75 Å². The molecule has 5 rings (SSSR count). The Morgan fingerprint density at radius 3 is 2.86 bits per heavy atom. The standard InChI is InChI=1S/C22H22N2O2S2/c1-24-21(26)19-16-7-2-3-8-18(16)28-20(19)23-22(24)27-12-17(25)15-10-9-13-5-4-6-14(13)11-15/h9-11H,2-8,12H2,1H3. The van der Waals surface area contributed by atoms with Crippen LogP contribution in [0.1, 0.15) is 51.2 Å². The monoisotopic (exact) mass is 410 g/mol. The Morgan fingerprint density at radius 1 is 1.14 bits per heavy atom. The molecule has 2 aromatic heterocycles. The molecule has 0 saturated heterocycles. The van der Waals surface area contributed by atoms with E-state index >= 15 is 0 Å². The Kier molecular flexibility index (Phi) is 4.63. The van der Waals surface area contributed by atoms with Crippen molar-refractivity contribution in [3.05, 3.63) is 55.7 Å². The molecule has 28 heavy (non-hydrogen) atoms. The van der Waals surface area contributed by atoms with E-state index < -0.39 is 0 Å². The molecule has 2 heterocycles. The van der Waals surface area contributed by atoms with Crippen LogP contribution < -0.4 is 5.56 Å². The molecule has 0 radical (unpaired) electrons. The van der Waals surface area contributed by atoms with Crippen LogP contribution in [0.3, 0.4) is 0 Å². The number of hydrogen-bond donors (Lipinski definition) is 0.